The number of anilines is 1. The normalized spacial score (nSPS) is 12.3. The van der Waals surface area contributed by atoms with Crippen LogP contribution in [0.15, 0.2) is 54.4 Å². The fraction of sp³-hybridized carbons (Fsp3) is 0.143. The first-order valence-corrected chi connectivity index (χ1v) is 6.96. The van der Waals surface area contributed by atoms with Crippen LogP contribution in [0, 0.1) is 0 Å². The second-order valence-corrected chi connectivity index (χ2v) is 5.19. The number of rotatable bonds is 4. The van der Waals surface area contributed by atoms with Crippen LogP contribution in [-0.4, -0.2) is 14.8 Å². The second kappa shape index (κ2) is 5.24. The van der Waals surface area contributed by atoms with Gasteiger partial charge in [0.05, 0.1) is 17.2 Å². The molecule has 1 atom stereocenters. The standard InChI is InChI=1S/C14H14N4S/c1-11(14-9-15-10-19-14)17-12-4-2-5-13(8-12)18-7-3-6-16-18/h2-11,17H,1H3. The first-order valence-electron chi connectivity index (χ1n) is 6.08. The molecular formula is C14H14N4S. The van der Waals surface area contributed by atoms with Gasteiger partial charge < -0.3 is 5.32 Å². The van der Waals surface area contributed by atoms with Gasteiger partial charge in [0, 0.05) is 29.2 Å². The Balaban J connectivity index is 1.80. The molecule has 1 unspecified atom stereocenters. The van der Waals surface area contributed by atoms with Crippen LogP contribution in [0.1, 0.15) is 17.8 Å². The van der Waals surface area contributed by atoms with Gasteiger partial charge >= 0.3 is 0 Å². The van der Waals surface area contributed by atoms with E-state index in [0.29, 0.717) is 0 Å². The van der Waals surface area contributed by atoms with Crippen LogP contribution < -0.4 is 5.32 Å². The summed E-state index contributed by atoms with van der Waals surface area (Å²) in [5.74, 6) is 0. The summed E-state index contributed by atoms with van der Waals surface area (Å²) in [7, 11) is 0. The molecule has 0 radical (unpaired) electrons. The van der Waals surface area contributed by atoms with Gasteiger partial charge in [-0.1, -0.05) is 6.07 Å². The van der Waals surface area contributed by atoms with Crippen molar-refractivity contribution in [2.24, 2.45) is 0 Å². The minimum atomic E-state index is 0.250. The van der Waals surface area contributed by atoms with Crippen LogP contribution in [-0.2, 0) is 0 Å². The highest BCUT2D eigenvalue weighted by Crippen LogP contribution is 2.23. The van der Waals surface area contributed by atoms with Gasteiger partial charge in [-0.15, -0.1) is 11.3 Å². The van der Waals surface area contributed by atoms with E-state index in [-0.39, 0.29) is 6.04 Å². The predicted octanol–water partition coefficient (Wildman–Crippen LogP) is 3.50. The maximum absolute atomic E-state index is 4.24. The third-order valence-electron chi connectivity index (χ3n) is 2.88. The van der Waals surface area contributed by atoms with E-state index in [1.165, 1.54) is 4.88 Å². The van der Waals surface area contributed by atoms with Crippen molar-refractivity contribution in [3.63, 3.8) is 0 Å². The molecule has 4 nitrogen and oxygen atoms in total. The highest BCUT2D eigenvalue weighted by Gasteiger charge is 2.07. The average molecular weight is 270 g/mol. The molecule has 0 aliphatic carbocycles. The highest BCUT2D eigenvalue weighted by atomic mass is 32.1. The molecule has 2 heterocycles. The third kappa shape index (κ3) is 2.66. The minimum absolute atomic E-state index is 0.250. The molecular weight excluding hydrogens is 256 g/mol. The minimum Gasteiger partial charge on any atom is -0.378 e. The number of aromatic nitrogens is 3. The fourth-order valence-corrected chi connectivity index (χ4v) is 2.55. The molecule has 0 aliphatic heterocycles. The van der Waals surface area contributed by atoms with Gasteiger partial charge in [-0.2, -0.15) is 5.10 Å². The van der Waals surface area contributed by atoms with E-state index >= 15 is 0 Å². The zero-order chi connectivity index (χ0) is 13.1. The van der Waals surface area contributed by atoms with Crippen LogP contribution in [0.2, 0.25) is 0 Å². The van der Waals surface area contributed by atoms with Gasteiger partial charge in [0.15, 0.2) is 0 Å². The van der Waals surface area contributed by atoms with Crippen LogP contribution in [0.3, 0.4) is 0 Å². The summed E-state index contributed by atoms with van der Waals surface area (Å²) >= 11 is 1.66. The molecule has 1 aromatic carbocycles. The summed E-state index contributed by atoms with van der Waals surface area (Å²) < 4.78 is 1.85. The van der Waals surface area contributed by atoms with Crippen molar-refractivity contribution in [3.05, 3.63) is 59.3 Å². The van der Waals surface area contributed by atoms with E-state index < -0.39 is 0 Å². The van der Waals surface area contributed by atoms with Crippen molar-refractivity contribution in [1.82, 2.24) is 14.8 Å². The first-order chi connectivity index (χ1) is 9.33. The molecule has 0 aliphatic rings. The molecule has 96 valence electrons. The second-order valence-electron chi connectivity index (χ2n) is 4.27. The third-order valence-corrected chi connectivity index (χ3v) is 3.83. The van der Waals surface area contributed by atoms with E-state index in [0.717, 1.165) is 11.4 Å². The molecule has 19 heavy (non-hydrogen) atoms. The van der Waals surface area contributed by atoms with Crippen molar-refractivity contribution >= 4 is 17.0 Å². The molecule has 0 bridgehead atoms. The van der Waals surface area contributed by atoms with Crippen LogP contribution >= 0.6 is 11.3 Å². The number of thiazole rings is 1. The Morgan fingerprint density at radius 2 is 2.26 bits per heavy atom. The van der Waals surface area contributed by atoms with Gasteiger partial charge in [0.1, 0.15) is 0 Å². The molecule has 0 saturated carbocycles. The molecule has 1 N–H and O–H groups in total. The smallest absolute Gasteiger partial charge is 0.0795 e. The molecule has 0 spiro atoms. The molecule has 0 saturated heterocycles. The summed E-state index contributed by atoms with van der Waals surface area (Å²) in [4.78, 5) is 5.33. The lowest BCUT2D eigenvalue weighted by molar-refractivity contribution is 0.875. The molecule has 3 rings (SSSR count). The van der Waals surface area contributed by atoms with E-state index in [2.05, 4.69) is 34.5 Å². The maximum Gasteiger partial charge on any atom is 0.0795 e. The predicted molar refractivity (Wildman–Crippen MR) is 77.7 cm³/mol. The molecule has 3 aromatic rings. The number of hydrogen-bond acceptors (Lipinski definition) is 4. The molecule has 5 heteroatoms. The lowest BCUT2D eigenvalue weighted by atomic mass is 10.2. The van der Waals surface area contributed by atoms with Gasteiger partial charge in [0.2, 0.25) is 0 Å². The Morgan fingerprint density at radius 3 is 3.00 bits per heavy atom. The summed E-state index contributed by atoms with van der Waals surface area (Å²) in [5, 5.41) is 7.71. The molecule has 2 aromatic heterocycles. The quantitative estimate of drug-likeness (QED) is 0.789. The van der Waals surface area contributed by atoms with Crippen LogP contribution in [0.5, 0.6) is 0 Å². The topological polar surface area (TPSA) is 42.7 Å². The Labute approximate surface area is 115 Å². The van der Waals surface area contributed by atoms with Gasteiger partial charge in [0.25, 0.3) is 0 Å². The van der Waals surface area contributed by atoms with Crippen molar-refractivity contribution in [2.45, 2.75) is 13.0 Å². The van der Waals surface area contributed by atoms with Crippen molar-refractivity contribution in [1.29, 1.82) is 0 Å². The van der Waals surface area contributed by atoms with Crippen molar-refractivity contribution < 1.29 is 0 Å². The maximum atomic E-state index is 4.24. The zero-order valence-electron chi connectivity index (χ0n) is 10.5. The first kappa shape index (κ1) is 11.9. The SMILES string of the molecule is CC(Nc1cccc(-n2cccn2)c1)c1cncs1. The van der Waals surface area contributed by atoms with Gasteiger partial charge in [-0.05, 0) is 31.2 Å². The number of hydrogen-bond donors (Lipinski definition) is 1. The zero-order valence-corrected chi connectivity index (χ0v) is 11.3. The Bertz CT molecular complexity index is 631. The Morgan fingerprint density at radius 1 is 1.32 bits per heavy atom. The highest BCUT2D eigenvalue weighted by molar-refractivity contribution is 7.09. The van der Waals surface area contributed by atoms with E-state index in [1.807, 2.05) is 40.8 Å². The number of nitrogens with one attached hydrogen (secondary N) is 1. The lowest BCUT2D eigenvalue weighted by Gasteiger charge is -2.14. The summed E-state index contributed by atoms with van der Waals surface area (Å²) in [6, 6.07) is 10.4. The van der Waals surface area contributed by atoms with Gasteiger partial charge in [-0.25, -0.2) is 4.68 Å². The van der Waals surface area contributed by atoms with E-state index in [9.17, 15) is 0 Å². The van der Waals surface area contributed by atoms with E-state index in [4.69, 9.17) is 0 Å². The summed E-state index contributed by atoms with van der Waals surface area (Å²) in [6.45, 7) is 2.13. The van der Waals surface area contributed by atoms with Crippen LogP contribution in [0.25, 0.3) is 5.69 Å². The number of benzene rings is 1. The molecule has 0 fully saturated rings. The summed E-state index contributed by atoms with van der Waals surface area (Å²) in [5.41, 5.74) is 3.98. The largest absolute Gasteiger partial charge is 0.378 e. The fourth-order valence-electron chi connectivity index (χ4n) is 1.92. The van der Waals surface area contributed by atoms with E-state index in [1.54, 1.807) is 17.5 Å². The van der Waals surface area contributed by atoms with Gasteiger partial charge in [-0.3, -0.25) is 4.98 Å². The Hall–Kier alpha value is -2.14. The van der Waals surface area contributed by atoms with Crippen LogP contribution in [0.4, 0.5) is 5.69 Å². The molecule has 0 amide bonds. The monoisotopic (exact) mass is 270 g/mol. The summed E-state index contributed by atoms with van der Waals surface area (Å²) in [6.07, 6.45) is 5.62. The lowest BCUT2D eigenvalue weighted by Crippen LogP contribution is -2.05. The average Bonchev–Trinajstić information content (AvgIpc) is 3.13. The Kier molecular flexibility index (Phi) is 3.29. The van der Waals surface area contributed by atoms with Crippen molar-refractivity contribution in [3.8, 4) is 5.69 Å². The number of nitrogens with zero attached hydrogens (tertiary/aromatic N) is 3. The van der Waals surface area contributed by atoms with Crippen molar-refractivity contribution in [2.75, 3.05) is 5.32 Å².